The highest BCUT2D eigenvalue weighted by atomic mass is 127. The molecule has 1 saturated heterocycles. The third-order valence-electron chi connectivity index (χ3n) is 6.38. The van der Waals surface area contributed by atoms with Crippen molar-refractivity contribution in [3.05, 3.63) is 80.1 Å². The van der Waals surface area contributed by atoms with E-state index < -0.39 is 5.91 Å². The molecule has 1 aliphatic heterocycles. The van der Waals surface area contributed by atoms with Gasteiger partial charge in [-0.3, -0.25) is 20.0 Å². The van der Waals surface area contributed by atoms with Crippen molar-refractivity contribution in [2.24, 2.45) is 16.6 Å². The maximum Gasteiger partial charge on any atom is 0.280 e. The summed E-state index contributed by atoms with van der Waals surface area (Å²) in [5.41, 5.74) is 14.2. The number of nitrogens with one attached hydrogen (secondary N) is 2. The Hall–Kier alpha value is -2.96. The normalized spacial score (nSPS) is 16.3. The lowest BCUT2D eigenvalue weighted by Crippen LogP contribution is -2.38. The third-order valence-corrected chi connectivity index (χ3v) is 7.36. The minimum Gasteiger partial charge on any atom is -0.382 e. The molecular weight excluding hydrogens is 615 g/mol. The number of nitrogens with zero attached hydrogens (tertiary/aromatic N) is 4. The highest BCUT2D eigenvalue weighted by Crippen LogP contribution is 2.22. The number of hydrogen-bond acceptors (Lipinski definition) is 7. The van der Waals surface area contributed by atoms with E-state index in [0.717, 1.165) is 35.2 Å². The second-order valence-corrected chi connectivity index (χ2v) is 10.9. The molecule has 1 atom stereocenters. The highest BCUT2D eigenvalue weighted by molar-refractivity contribution is 14.1. The Labute approximate surface area is 241 Å². The molecule has 2 heterocycles. The zero-order chi connectivity index (χ0) is 26.9. The number of aromatic nitrogens is 2. The van der Waals surface area contributed by atoms with Crippen molar-refractivity contribution in [2.75, 3.05) is 30.7 Å². The largest absolute Gasteiger partial charge is 0.382 e. The van der Waals surface area contributed by atoms with Gasteiger partial charge in [-0.15, -0.1) is 0 Å². The van der Waals surface area contributed by atoms with E-state index in [1.807, 2.05) is 30.3 Å². The van der Waals surface area contributed by atoms with Crippen molar-refractivity contribution < 1.29 is 4.79 Å². The molecule has 1 fully saturated rings. The topological polar surface area (TPSA) is 135 Å². The number of halogens is 2. The molecule has 1 amide bonds. The van der Waals surface area contributed by atoms with E-state index in [0.29, 0.717) is 24.8 Å². The van der Waals surface area contributed by atoms with E-state index in [4.69, 9.17) is 23.1 Å². The maximum atomic E-state index is 12.7. The molecule has 0 saturated carbocycles. The van der Waals surface area contributed by atoms with Crippen LogP contribution in [0.1, 0.15) is 40.9 Å². The van der Waals surface area contributed by atoms with E-state index in [1.165, 1.54) is 18.4 Å². The van der Waals surface area contributed by atoms with Crippen molar-refractivity contribution in [3.8, 4) is 0 Å². The van der Waals surface area contributed by atoms with Gasteiger partial charge in [-0.05, 0) is 77.6 Å². The molecule has 3 aromatic rings. The van der Waals surface area contributed by atoms with Gasteiger partial charge in [-0.1, -0.05) is 54.1 Å². The Bertz CT molecular complexity index is 1260. The molecule has 1 aliphatic rings. The molecule has 0 aliphatic carbocycles. The number of carbonyl (C=O) groups is 1. The van der Waals surface area contributed by atoms with Crippen LogP contribution in [0.2, 0.25) is 5.15 Å². The molecular formula is C27H32ClIN8O. The number of carbonyl (C=O) groups excluding carboxylic acids is 1. The Morgan fingerprint density at radius 2 is 1.89 bits per heavy atom. The summed E-state index contributed by atoms with van der Waals surface area (Å²) in [7, 11) is 0. The number of aliphatic imine (C=N–C) groups is 1. The lowest BCUT2D eigenvalue weighted by molar-refractivity contribution is 0.0972. The van der Waals surface area contributed by atoms with Gasteiger partial charge in [-0.25, -0.2) is 9.97 Å². The van der Waals surface area contributed by atoms with Gasteiger partial charge in [0.15, 0.2) is 28.4 Å². The molecule has 0 radical (unpaired) electrons. The van der Waals surface area contributed by atoms with E-state index in [-0.39, 0.29) is 22.6 Å². The monoisotopic (exact) mass is 646 g/mol. The summed E-state index contributed by atoms with van der Waals surface area (Å²) in [5.74, 6) is 0.207. The first kappa shape index (κ1) is 28.1. The Morgan fingerprint density at radius 1 is 1.13 bits per heavy atom. The molecule has 38 heavy (non-hydrogen) atoms. The number of nitrogens with two attached hydrogens (primary N) is 2. The maximum absolute atomic E-state index is 12.7. The third kappa shape index (κ3) is 8.27. The summed E-state index contributed by atoms with van der Waals surface area (Å²) < 4.78 is 1.14. The van der Waals surface area contributed by atoms with Gasteiger partial charge in [0.05, 0.1) is 0 Å². The van der Waals surface area contributed by atoms with Crippen LogP contribution in [0, 0.1) is 9.49 Å². The van der Waals surface area contributed by atoms with Gasteiger partial charge in [-0.2, -0.15) is 0 Å². The standard InChI is InChI=1S/C27H32ClIN8O/c28-23-25(33-15-18-8-10-21(29)11-9-18)35-24(30)22(34-23)26(38)36-27(31)32-13-12-20-7-4-14-37(17-20)16-19-5-2-1-3-6-19/h1-3,5-6,8-11,20H,4,7,12-17H2,(H3,30,33,35)(H3,31,32,36,38). The lowest BCUT2D eigenvalue weighted by Gasteiger charge is -2.32. The Balaban J connectivity index is 1.26. The summed E-state index contributed by atoms with van der Waals surface area (Å²) in [6, 6.07) is 18.5. The predicted molar refractivity (Wildman–Crippen MR) is 161 cm³/mol. The zero-order valence-electron chi connectivity index (χ0n) is 21.0. The SMILES string of the molecule is NC(=NCCC1CCCN(Cc2ccccc2)C1)NC(=O)c1nc(Cl)c(NCc2ccc(I)cc2)nc1N. The molecule has 0 spiro atoms. The summed E-state index contributed by atoms with van der Waals surface area (Å²) >= 11 is 8.52. The van der Waals surface area contributed by atoms with Crippen LogP contribution in [-0.4, -0.2) is 46.4 Å². The van der Waals surface area contributed by atoms with Gasteiger partial charge < -0.3 is 16.8 Å². The molecule has 1 unspecified atom stereocenters. The van der Waals surface area contributed by atoms with Crippen molar-refractivity contribution in [1.82, 2.24) is 20.2 Å². The second kappa shape index (κ2) is 13.7. The van der Waals surface area contributed by atoms with E-state index in [1.54, 1.807) is 0 Å². The average Bonchev–Trinajstić information content (AvgIpc) is 2.90. The van der Waals surface area contributed by atoms with Crippen LogP contribution in [0.25, 0.3) is 0 Å². The first-order valence-electron chi connectivity index (χ1n) is 12.6. The van der Waals surface area contributed by atoms with Crippen LogP contribution in [0.4, 0.5) is 11.6 Å². The number of piperidine rings is 1. The number of benzene rings is 2. The van der Waals surface area contributed by atoms with Crippen LogP contribution < -0.4 is 22.1 Å². The molecule has 2 aromatic carbocycles. The predicted octanol–water partition coefficient (Wildman–Crippen LogP) is 4.28. The van der Waals surface area contributed by atoms with Crippen LogP contribution in [0.5, 0.6) is 0 Å². The van der Waals surface area contributed by atoms with Crippen molar-refractivity contribution >= 4 is 57.7 Å². The van der Waals surface area contributed by atoms with Crippen molar-refractivity contribution in [2.45, 2.75) is 32.4 Å². The average molecular weight is 647 g/mol. The molecule has 4 rings (SSSR count). The quantitative estimate of drug-likeness (QED) is 0.155. The minimum atomic E-state index is -0.603. The Kier molecular flexibility index (Phi) is 10.1. The van der Waals surface area contributed by atoms with E-state index >= 15 is 0 Å². The smallest absolute Gasteiger partial charge is 0.280 e. The molecule has 1 aromatic heterocycles. The van der Waals surface area contributed by atoms with Crippen LogP contribution in [-0.2, 0) is 13.1 Å². The van der Waals surface area contributed by atoms with E-state index in [9.17, 15) is 4.79 Å². The first-order valence-corrected chi connectivity index (χ1v) is 14.0. The van der Waals surface area contributed by atoms with Crippen LogP contribution >= 0.6 is 34.2 Å². The fourth-order valence-corrected chi connectivity index (χ4v) is 5.00. The number of guanidine groups is 1. The second-order valence-electron chi connectivity index (χ2n) is 9.32. The molecule has 11 heteroatoms. The van der Waals surface area contributed by atoms with E-state index in [2.05, 4.69) is 77.4 Å². The number of likely N-dealkylation sites (tertiary alicyclic amines) is 1. The molecule has 9 nitrogen and oxygen atoms in total. The Morgan fingerprint density at radius 3 is 2.66 bits per heavy atom. The number of anilines is 2. The minimum absolute atomic E-state index is 0.0187. The van der Waals surface area contributed by atoms with Crippen LogP contribution in [0.3, 0.4) is 0 Å². The van der Waals surface area contributed by atoms with Gasteiger partial charge in [0.2, 0.25) is 0 Å². The fourth-order valence-electron chi connectivity index (χ4n) is 4.45. The number of nitrogen functional groups attached to an aromatic ring is 1. The summed E-state index contributed by atoms with van der Waals surface area (Å²) in [4.78, 5) is 27.9. The van der Waals surface area contributed by atoms with Gasteiger partial charge in [0, 0.05) is 29.7 Å². The number of amides is 1. The van der Waals surface area contributed by atoms with Gasteiger partial charge in [0.25, 0.3) is 5.91 Å². The zero-order valence-corrected chi connectivity index (χ0v) is 24.0. The summed E-state index contributed by atoms with van der Waals surface area (Å²) in [6.45, 7) is 4.12. The summed E-state index contributed by atoms with van der Waals surface area (Å²) in [5, 5.41) is 5.69. The van der Waals surface area contributed by atoms with Crippen molar-refractivity contribution in [1.29, 1.82) is 0 Å². The molecule has 6 N–H and O–H groups in total. The van der Waals surface area contributed by atoms with Gasteiger partial charge in [0.1, 0.15) is 0 Å². The molecule has 0 bridgehead atoms. The number of rotatable bonds is 9. The van der Waals surface area contributed by atoms with Crippen molar-refractivity contribution in [3.63, 3.8) is 0 Å². The summed E-state index contributed by atoms with van der Waals surface area (Å²) in [6.07, 6.45) is 3.24. The highest BCUT2D eigenvalue weighted by Gasteiger charge is 2.20. The number of hydrogen-bond donors (Lipinski definition) is 4. The molecule has 200 valence electrons. The lowest BCUT2D eigenvalue weighted by atomic mass is 9.94. The van der Waals surface area contributed by atoms with Crippen LogP contribution in [0.15, 0.2) is 59.6 Å². The van der Waals surface area contributed by atoms with Gasteiger partial charge >= 0.3 is 0 Å². The first-order chi connectivity index (χ1) is 18.4. The fraction of sp³-hybridized carbons (Fsp3) is 0.333.